The average Bonchev–Trinajstić information content (AvgIpc) is 3.13. The maximum absolute atomic E-state index is 13.1. The zero-order chi connectivity index (χ0) is 24.5. The van der Waals surface area contributed by atoms with Gasteiger partial charge in [-0.2, -0.15) is 0 Å². The highest BCUT2D eigenvalue weighted by molar-refractivity contribution is 5.97. The van der Waals surface area contributed by atoms with Gasteiger partial charge in [0.2, 0.25) is 0 Å². The van der Waals surface area contributed by atoms with Crippen LogP contribution in [-0.4, -0.2) is 38.6 Å². The summed E-state index contributed by atoms with van der Waals surface area (Å²) < 4.78 is 5.40. The minimum atomic E-state index is -0.529. The first kappa shape index (κ1) is 24.6. The van der Waals surface area contributed by atoms with Crippen molar-refractivity contribution in [2.45, 2.75) is 78.7 Å². The molecule has 7 heteroatoms. The molecule has 2 aromatic rings. The van der Waals surface area contributed by atoms with Gasteiger partial charge < -0.3 is 25.2 Å². The average molecular weight is 455 g/mol. The number of phenolic OH excluding ortho intramolecular Hbond substituents is 2. The first-order valence-electron chi connectivity index (χ1n) is 11.3. The van der Waals surface area contributed by atoms with Crippen LogP contribution in [0.25, 0.3) is 0 Å². The number of amides is 1. The number of phenols is 2. The zero-order valence-electron chi connectivity index (χ0n) is 20.2. The number of nitrogens with one attached hydrogen (secondary N) is 1. The molecule has 0 unspecified atom stereocenters. The third-order valence-corrected chi connectivity index (χ3v) is 5.65. The molecule has 1 aliphatic heterocycles. The summed E-state index contributed by atoms with van der Waals surface area (Å²) in [5.74, 6) is -0.787. The van der Waals surface area contributed by atoms with Crippen LogP contribution in [0.5, 0.6) is 11.5 Å². The summed E-state index contributed by atoms with van der Waals surface area (Å²) in [5, 5.41) is 23.5. The fourth-order valence-corrected chi connectivity index (χ4v) is 3.84. The predicted molar refractivity (Wildman–Crippen MR) is 126 cm³/mol. The lowest BCUT2D eigenvalue weighted by Crippen LogP contribution is -2.38. The third kappa shape index (κ3) is 5.85. The number of esters is 1. The van der Waals surface area contributed by atoms with Gasteiger partial charge in [-0.1, -0.05) is 32.0 Å². The lowest BCUT2D eigenvalue weighted by molar-refractivity contribution is -0.157. The normalized spacial score (nSPS) is 14.3. The number of hydrogen-bond acceptors (Lipinski definition) is 6. The van der Waals surface area contributed by atoms with Crippen LogP contribution in [0.2, 0.25) is 0 Å². The van der Waals surface area contributed by atoms with Gasteiger partial charge in [-0.15, -0.1) is 0 Å². The number of rotatable bonds is 6. The van der Waals surface area contributed by atoms with Gasteiger partial charge in [-0.3, -0.25) is 9.59 Å². The van der Waals surface area contributed by atoms with E-state index in [-0.39, 0.29) is 34.9 Å². The van der Waals surface area contributed by atoms with Crippen LogP contribution in [0.4, 0.5) is 0 Å². The number of aromatic hydroxyl groups is 2. The summed E-state index contributed by atoms with van der Waals surface area (Å²) in [6, 6.07) is 8.39. The van der Waals surface area contributed by atoms with Crippen LogP contribution in [0.1, 0.15) is 80.1 Å². The lowest BCUT2D eigenvalue weighted by atomic mass is 9.98. The number of fused-ring (bicyclic) bond motifs is 1. The SMILES string of the molecule is CC(C)c1cc(C(=O)N2Cc3ccc(CN[C@@H](C)C(=O)OC(C)(C)C)cc3C2)c(O)cc1O. The van der Waals surface area contributed by atoms with Crippen molar-refractivity contribution in [1.82, 2.24) is 10.2 Å². The molecule has 7 nitrogen and oxygen atoms in total. The highest BCUT2D eigenvalue weighted by atomic mass is 16.6. The van der Waals surface area contributed by atoms with Crippen LogP contribution in [0, 0.1) is 0 Å². The molecule has 1 amide bonds. The minimum absolute atomic E-state index is 0.0125. The standard InChI is InChI=1S/C26H34N2O5/c1-15(2)20-10-21(23(30)11-22(20)29)24(31)28-13-18-8-7-17(9-19(18)14-28)12-27-16(3)25(32)33-26(4,5)6/h7-11,15-16,27,29-30H,12-14H2,1-6H3/t16-/m0/s1. The number of carbonyl (C=O) groups is 2. The van der Waals surface area contributed by atoms with Crippen LogP contribution in [0.15, 0.2) is 30.3 Å². The molecule has 1 heterocycles. The van der Waals surface area contributed by atoms with Crippen molar-refractivity contribution in [1.29, 1.82) is 0 Å². The molecule has 1 aliphatic rings. The van der Waals surface area contributed by atoms with E-state index < -0.39 is 11.6 Å². The van der Waals surface area contributed by atoms with E-state index in [1.165, 1.54) is 6.07 Å². The van der Waals surface area contributed by atoms with E-state index in [9.17, 15) is 19.8 Å². The van der Waals surface area contributed by atoms with E-state index in [1.807, 2.05) is 52.8 Å². The summed E-state index contributed by atoms with van der Waals surface area (Å²) in [4.78, 5) is 27.0. The summed E-state index contributed by atoms with van der Waals surface area (Å²) in [5.41, 5.74) is 3.38. The molecule has 33 heavy (non-hydrogen) atoms. The molecule has 0 aromatic heterocycles. The molecule has 2 aromatic carbocycles. The van der Waals surface area contributed by atoms with Crippen molar-refractivity contribution in [3.05, 3.63) is 58.1 Å². The number of hydrogen-bond donors (Lipinski definition) is 3. The Labute approximate surface area is 195 Å². The van der Waals surface area contributed by atoms with Crippen molar-refractivity contribution in [3.63, 3.8) is 0 Å². The van der Waals surface area contributed by atoms with Gasteiger partial charge in [0.25, 0.3) is 5.91 Å². The molecule has 0 aliphatic carbocycles. The van der Waals surface area contributed by atoms with Crippen LogP contribution in [-0.2, 0) is 29.2 Å². The topological polar surface area (TPSA) is 99.1 Å². The summed E-state index contributed by atoms with van der Waals surface area (Å²) in [7, 11) is 0. The second-order valence-electron chi connectivity index (χ2n) is 9.98. The van der Waals surface area contributed by atoms with Gasteiger partial charge in [-0.25, -0.2) is 0 Å². The second-order valence-corrected chi connectivity index (χ2v) is 9.98. The van der Waals surface area contributed by atoms with E-state index in [1.54, 1.807) is 17.9 Å². The summed E-state index contributed by atoms with van der Waals surface area (Å²) in [6.45, 7) is 12.5. The summed E-state index contributed by atoms with van der Waals surface area (Å²) >= 11 is 0. The smallest absolute Gasteiger partial charge is 0.323 e. The Morgan fingerprint density at radius 3 is 2.33 bits per heavy atom. The molecular formula is C26H34N2O5. The monoisotopic (exact) mass is 454 g/mol. The van der Waals surface area contributed by atoms with Gasteiger partial charge in [-0.05, 0) is 61.9 Å². The van der Waals surface area contributed by atoms with Gasteiger partial charge in [0.1, 0.15) is 23.1 Å². The van der Waals surface area contributed by atoms with Crippen molar-refractivity contribution in [3.8, 4) is 11.5 Å². The largest absolute Gasteiger partial charge is 0.508 e. The van der Waals surface area contributed by atoms with Crippen molar-refractivity contribution < 1.29 is 24.5 Å². The van der Waals surface area contributed by atoms with E-state index >= 15 is 0 Å². The molecule has 0 fully saturated rings. The Morgan fingerprint density at radius 1 is 1.03 bits per heavy atom. The third-order valence-electron chi connectivity index (χ3n) is 5.65. The van der Waals surface area contributed by atoms with Crippen molar-refractivity contribution in [2.24, 2.45) is 0 Å². The van der Waals surface area contributed by atoms with E-state index in [4.69, 9.17) is 4.74 Å². The summed E-state index contributed by atoms with van der Waals surface area (Å²) in [6.07, 6.45) is 0. The van der Waals surface area contributed by atoms with Gasteiger partial charge in [0.05, 0.1) is 5.56 Å². The Balaban J connectivity index is 1.67. The molecule has 0 spiro atoms. The van der Waals surface area contributed by atoms with E-state index in [0.717, 1.165) is 16.7 Å². The maximum atomic E-state index is 13.1. The van der Waals surface area contributed by atoms with Crippen molar-refractivity contribution >= 4 is 11.9 Å². The lowest BCUT2D eigenvalue weighted by Gasteiger charge is -2.22. The van der Waals surface area contributed by atoms with Crippen LogP contribution in [0.3, 0.4) is 0 Å². The molecule has 0 bridgehead atoms. The number of carbonyl (C=O) groups excluding carboxylic acids is 2. The van der Waals surface area contributed by atoms with Crippen molar-refractivity contribution in [2.75, 3.05) is 0 Å². The molecule has 0 radical (unpaired) electrons. The maximum Gasteiger partial charge on any atom is 0.323 e. The Hall–Kier alpha value is -3.06. The molecule has 0 saturated heterocycles. The highest BCUT2D eigenvalue weighted by Gasteiger charge is 2.28. The van der Waals surface area contributed by atoms with Gasteiger partial charge in [0, 0.05) is 25.7 Å². The van der Waals surface area contributed by atoms with Crippen LogP contribution < -0.4 is 5.32 Å². The first-order chi connectivity index (χ1) is 15.4. The predicted octanol–water partition coefficient (Wildman–Crippen LogP) is 4.20. The molecule has 178 valence electrons. The Bertz CT molecular complexity index is 1060. The van der Waals surface area contributed by atoms with Gasteiger partial charge in [0.15, 0.2) is 0 Å². The zero-order valence-corrected chi connectivity index (χ0v) is 20.2. The molecule has 0 saturated carbocycles. The van der Waals surface area contributed by atoms with Gasteiger partial charge >= 0.3 is 5.97 Å². The first-order valence-corrected chi connectivity index (χ1v) is 11.3. The van der Waals surface area contributed by atoms with Crippen LogP contribution >= 0.6 is 0 Å². The molecular weight excluding hydrogens is 420 g/mol. The second kappa shape index (κ2) is 9.43. The number of nitrogens with zero attached hydrogens (tertiary/aromatic N) is 1. The molecule has 1 atom stereocenters. The van der Waals surface area contributed by atoms with E-state index in [0.29, 0.717) is 25.2 Å². The number of ether oxygens (including phenoxy) is 1. The fraction of sp³-hybridized carbons (Fsp3) is 0.462. The minimum Gasteiger partial charge on any atom is -0.508 e. The quantitative estimate of drug-likeness (QED) is 0.566. The highest BCUT2D eigenvalue weighted by Crippen LogP contribution is 2.34. The Morgan fingerprint density at radius 2 is 1.70 bits per heavy atom. The van der Waals surface area contributed by atoms with E-state index in [2.05, 4.69) is 5.32 Å². The Kier molecular flexibility index (Phi) is 7.03. The molecule has 3 rings (SSSR count). The number of benzene rings is 2. The molecule has 3 N–H and O–H groups in total. The fourth-order valence-electron chi connectivity index (χ4n) is 3.84.